The summed E-state index contributed by atoms with van der Waals surface area (Å²) >= 11 is 1.33. The lowest BCUT2D eigenvalue weighted by Crippen LogP contribution is -2.30. The Morgan fingerprint density at radius 2 is 2.44 bits per heavy atom. The largest absolute Gasteiger partial charge is 0.350 e. The fraction of sp³-hybridized carbons (Fsp3) is 0.700. The molecule has 1 saturated heterocycles. The Morgan fingerprint density at radius 1 is 1.62 bits per heavy atom. The molecule has 88 valence electrons. The molecule has 0 aliphatic carbocycles. The lowest BCUT2D eigenvalue weighted by molar-refractivity contribution is 0.0946. The van der Waals surface area contributed by atoms with Gasteiger partial charge in [0.25, 0.3) is 5.91 Å². The molecule has 1 unspecified atom stereocenters. The smallest absolute Gasteiger partial charge is 0.282 e. The summed E-state index contributed by atoms with van der Waals surface area (Å²) in [5.41, 5.74) is 0. The summed E-state index contributed by atoms with van der Waals surface area (Å²) in [5, 5.41) is 11.9. The normalized spacial score (nSPS) is 21.2. The zero-order valence-electron chi connectivity index (χ0n) is 9.56. The quantitative estimate of drug-likeness (QED) is 0.837. The molecule has 2 rings (SSSR count). The minimum absolute atomic E-state index is 0.0971. The molecule has 2 heterocycles. The predicted octanol–water partition coefficient (Wildman–Crippen LogP) is 0.528. The van der Waals surface area contributed by atoms with Crippen LogP contribution in [0.25, 0.3) is 0 Å². The van der Waals surface area contributed by atoms with Gasteiger partial charge in [0, 0.05) is 13.1 Å². The van der Waals surface area contributed by atoms with Crippen molar-refractivity contribution in [1.82, 2.24) is 20.4 Å². The lowest BCUT2D eigenvalue weighted by atomic mass is 10.1. The van der Waals surface area contributed by atoms with Crippen molar-refractivity contribution in [3.63, 3.8) is 0 Å². The Bertz CT molecular complexity index is 379. The van der Waals surface area contributed by atoms with Gasteiger partial charge in [-0.2, -0.15) is 0 Å². The topological polar surface area (TPSA) is 58.1 Å². The SMILES string of the molecule is Cc1nnc(C(=O)NCC2CCN(C)C2)s1. The molecule has 1 aliphatic rings. The molecule has 1 atom stereocenters. The number of carbonyl (C=O) groups is 1. The van der Waals surface area contributed by atoms with Gasteiger partial charge in [0.1, 0.15) is 5.01 Å². The first-order chi connectivity index (χ1) is 7.65. The Morgan fingerprint density at radius 3 is 3.00 bits per heavy atom. The summed E-state index contributed by atoms with van der Waals surface area (Å²) in [5.74, 6) is 0.475. The number of aryl methyl sites for hydroxylation is 1. The van der Waals surface area contributed by atoms with Gasteiger partial charge in [0.15, 0.2) is 0 Å². The molecule has 5 nitrogen and oxygen atoms in total. The minimum Gasteiger partial charge on any atom is -0.350 e. The predicted molar refractivity (Wildman–Crippen MR) is 62.6 cm³/mol. The molecule has 6 heteroatoms. The number of nitrogens with zero attached hydrogens (tertiary/aromatic N) is 3. The van der Waals surface area contributed by atoms with Crippen LogP contribution in [0.1, 0.15) is 21.2 Å². The fourth-order valence-corrected chi connectivity index (χ4v) is 2.50. The van der Waals surface area contributed by atoms with Gasteiger partial charge in [0.05, 0.1) is 0 Å². The number of hydrogen-bond donors (Lipinski definition) is 1. The molecule has 1 N–H and O–H groups in total. The summed E-state index contributed by atoms with van der Waals surface area (Å²) in [4.78, 5) is 14.0. The molecular weight excluding hydrogens is 224 g/mol. The van der Waals surface area contributed by atoms with Gasteiger partial charge in [-0.25, -0.2) is 0 Å². The summed E-state index contributed by atoms with van der Waals surface area (Å²) in [6.45, 7) is 4.77. The number of likely N-dealkylation sites (tertiary alicyclic amines) is 1. The summed E-state index contributed by atoms with van der Waals surface area (Å²) in [7, 11) is 2.11. The standard InChI is InChI=1S/C10H16N4OS/c1-7-12-13-10(16-7)9(15)11-5-8-3-4-14(2)6-8/h8H,3-6H2,1-2H3,(H,11,15). The maximum absolute atomic E-state index is 11.7. The van der Waals surface area contributed by atoms with Crippen molar-refractivity contribution < 1.29 is 4.79 Å². The zero-order chi connectivity index (χ0) is 11.5. The number of aromatic nitrogens is 2. The lowest BCUT2D eigenvalue weighted by Gasteiger charge is -2.10. The molecule has 0 bridgehead atoms. The van der Waals surface area contributed by atoms with E-state index in [1.807, 2.05) is 6.92 Å². The van der Waals surface area contributed by atoms with Crippen LogP contribution in [0.5, 0.6) is 0 Å². The van der Waals surface area contributed by atoms with Crippen LogP contribution in [-0.2, 0) is 0 Å². The van der Waals surface area contributed by atoms with Crippen LogP contribution in [0.3, 0.4) is 0 Å². The molecule has 1 aromatic rings. The number of amides is 1. The van der Waals surface area contributed by atoms with Gasteiger partial charge in [0.2, 0.25) is 5.01 Å². The zero-order valence-corrected chi connectivity index (χ0v) is 10.4. The van der Waals surface area contributed by atoms with E-state index in [-0.39, 0.29) is 5.91 Å². The molecule has 1 amide bonds. The maximum Gasteiger partial charge on any atom is 0.282 e. The molecule has 1 aromatic heterocycles. The van der Waals surface area contributed by atoms with Crippen molar-refractivity contribution in [2.75, 3.05) is 26.7 Å². The third-order valence-electron chi connectivity index (χ3n) is 2.76. The highest BCUT2D eigenvalue weighted by Gasteiger charge is 2.20. The van der Waals surface area contributed by atoms with Gasteiger partial charge in [-0.1, -0.05) is 11.3 Å². The second-order valence-corrected chi connectivity index (χ2v) is 5.43. The summed E-state index contributed by atoms with van der Waals surface area (Å²) in [6.07, 6.45) is 1.16. The van der Waals surface area contributed by atoms with Gasteiger partial charge in [-0.3, -0.25) is 4.79 Å². The van der Waals surface area contributed by atoms with Crippen molar-refractivity contribution in [2.24, 2.45) is 5.92 Å². The number of carbonyl (C=O) groups excluding carboxylic acids is 1. The van der Waals surface area contributed by atoms with Crippen LogP contribution in [-0.4, -0.2) is 47.7 Å². The second kappa shape index (κ2) is 4.88. The van der Waals surface area contributed by atoms with E-state index in [2.05, 4.69) is 27.5 Å². The third-order valence-corrected chi connectivity index (χ3v) is 3.60. The monoisotopic (exact) mass is 240 g/mol. The number of rotatable bonds is 3. The molecule has 1 aliphatic heterocycles. The molecule has 0 radical (unpaired) electrons. The van der Waals surface area contributed by atoms with Crippen molar-refractivity contribution in [1.29, 1.82) is 0 Å². The Kier molecular flexibility index (Phi) is 3.50. The van der Waals surface area contributed by atoms with Crippen LogP contribution in [0.4, 0.5) is 0 Å². The van der Waals surface area contributed by atoms with E-state index in [0.29, 0.717) is 10.9 Å². The maximum atomic E-state index is 11.7. The van der Waals surface area contributed by atoms with Crippen LogP contribution in [0.2, 0.25) is 0 Å². The van der Waals surface area contributed by atoms with Crippen LogP contribution >= 0.6 is 11.3 Å². The Hall–Kier alpha value is -1.01. The van der Waals surface area contributed by atoms with Gasteiger partial charge < -0.3 is 10.2 Å². The van der Waals surface area contributed by atoms with Gasteiger partial charge in [-0.15, -0.1) is 10.2 Å². The van der Waals surface area contributed by atoms with Crippen LogP contribution in [0.15, 0.2) is 0 Å². The second-order valence-electron chi connectivity index (χ2n) is 4.25. The molecule has 0 saturated carbocycles. The molecule has 0 aromatic carbocycles. The summed E-state index contributed by atoms with van der Waals surface area (Å²) < 4.78 is 0. The van der Waals surface area contributed by atoms with Crippen molar-refractivity contribution in [3.05, 3.63) is 10.0 Å². The third kappa shape index (κ3) is 2.76. The van der Waals surface area contributed by atoms with Crippen molar-refractivity contribution in [2.45, 2.75) is 13.3 Å². The van der Waals surface area contributed by atoms with E-state index in [4.69, 9.17) is 0 Å². The summed E-state index contributed by atoms with van der Waals surface area (Å²) in [6, 6.07) is 0. The first-order valence-electron chi connectivity index (χ1n) is 5.42. The molecule has 16 heavy (non-hydrogen) atoms. The molecular formula is C10H16N4OS. The van der Waals surface area contributed by atoms with E-state index >= 15 is 0 Å². The van der Waals surface area contributed by atoms with E-state index < -0.39 is 0 Å². The van der Waals surface area contributed by atoms with E-state index in [0.717, 1.165) is 31.1 Å². The minimum atomic E-state index is -0.0971. The highest BCUT2D eigenvalue weighted by Crippen LogP contribution is 2.13. The Labute approximate surface area is 98.9 Å². The van der Waals surface area contributed by atoms with Gasteiger partial charge in [-0.05, 0) is 32.9 Å². The average Bonchev–Trinajstić information content (AvgIpc) is 2.84. The first kappa shape index (κ1) is 11.5. The highest BCUT2D eigenvalue weighted by atomic mass is 32.1. The fourth-order valence-electron chi connectivity index (χ4n) is 1.89. The van der Waals surface area contributed by atoms with Crippen LogP contribution in [0, 0.1) is 12.8 Å². The highest BCUT2D eigenvalue weighted by molar-refractivity contribution is 7.13. The molecule has 1 fully saturated rings. The van der Waals surface area contributed by atoms with Gasteiger partial charge >= 0.3 is 0 Å². The van der Waals surface area contributed by atoms with Crippen molar-refractivity contribution >= 4 is 17.2 Å². The van der Waals surface area contributed by atoms with E-state index in [9.17, 15) is 4.79 Å². The Balaban J connectivity index is 1.80. The average molecular weight is 240 g/mol. The van der Waals surface area contributed by atoms with E-state index in [1.54, 1.807) is 0 Å². The number of hydrogen-bond acceptors (Lipinski definition) is 5. The number of nitrogens with one attached hydrogen (secondary N) is 1. The first-order valence-corrected chi connectivity index (χ1v) is 6.23. The molecule has 0 spiro atoms. The van der Waals surface area contributed by atoms with E-state index in [1.165, 1.54) is 11.3 Å². The van der Waals surface area contributed by atoms with Crippen LogP contribution < -0.4 is 5.32 Å². The van der Waals surface area contributed by atoms with Crippen molar-refractivity contribution in [3.8, 4) is 0 Å².